The number of para-hydroxylation sites is 3. The Bertz CT molecular complexity index is 1040. The second kappa shape index (κ2) is 11.0. The molecule has 0 aliphatic heterocycles. The van der Waals surface area contributed by atoms with E-state index >= 15 is 0 Å². The number of ether oxygens (including phenoxy) is 3. The molecule has 31 heavy (non-hydrogen) atoms. The zero-order valence-electron chi connectivity index (χ0n) is 17.0. The van der Waals surface area contributed by atoms with Crippen LogP contribution in [0.5, 0.6) is 11.5 Å². The maximum Gasteiger partial charge on any atom is 0.342 e. The summed E-state index contributed by atoms with van der Waals surface area (Å²) in [5.41, 5.74) is 1.65. The lowest BCUT2D eigenvalue weighted by molar-refractivity contribution is -0.119. The van der Waals surface area contributed by atoms with Crippen LogP contribution in [0, 0.1) is 0 Å². The van der Waals surface area contributed by atoms with Gasteiger partial charge in [0.15, 0.2) is 6.61 Å². The van der Waals surface area contributed by atoms with Crippen molar-refractivity contribution in [2.45, 2.75) is 13.5 Å². The molecule has 3 aromatic rings. The van der Waals surface area contributed by atoms with Gasteiger partial charge in [-0.2, -0.15) is 0 Å². The van der Waals surface area contributed by atoms with Crippen LogP contribution in [0.2, 0.25) is 5.02 Å². The van der Waals surface area contributed by atoms with Crippen LogP contribution < -0.4 is 14.8 Å². The van der Waals surface area contributed by atoms with Crippen molar-refractivity contribution in [1.29, 1.82) is 0 Å². The van der Waals surface area contributed by atoms with E-state index in [0.29, 0.717) is 28.8 Å². The van der Waals surface area contributed by atoms with Gasteiger partial charge in [0, 0.05) is 5.02 Å². The van der Waals surface area contributed by atoms with Crippen molar-refractivity contribution in [1.82, 2.24) is 0 Å². The van der Waals surface area contributed by atoms with Gasteiger partial charge < -0.3 is 19.5 Å². The van der Waals surface area contributed by atoms with Gasteiger partial charge in [-0.25, -0.2) is 4.79 Å². The van der Waals surface area contributed by atoms with Crippen molar-refractivity contribution in [2.75, 3.05) is 18.5 Å². The molecule has 1 amide bonds. The predicted molar refractivity (Wildman–Crippen MR) is 119 cm³/mol. The minimum absolute atomic E-state index is 0.235. The first kappa shape index (κ1) is 22.2. The molecule has 1 N–H and O–H groups in total. The summed E-state index contributed by atoms with van der Waals surface area (Å²) in [6, 6.07) is 21.0. The van der Waals surface area contributed by atoms with Gasteiger partial charge in [0.2, 0.25) is 0 Å². The standard InChI is InChI=1S/C24H22ClNO5/c1-2-29-22-10-6-4-8-20(22)26-23(27)16-31-24(28)19-7-3-5-9-21(19)30-15-17-11-13-18(25)14-12-17/h3-14H,2,15-16H2,1H3,(H,26,27). The predicted octanol–water partition coefficient (Wildman–Crippen LogP) is 5.11. The van der Waals surface area contributed by atoms with E-state index in [2.05, 4.69) is 5.32 Å². The molecule has 0 aliphatic carbocycles. The van der Waals surface area contributed by atoms with Gasteiger partial charge in [-0.05, 0) is 48.9 Å². The SMILES string of the molecule is CCOc1ccccc1NC(=O)COC(=O)c1ccccc1OCc1ccc(Cl)cc1. The first-order valence-electron chi connectivity index (χ1n) is 9.72. The summed E-state index contributed by atoms with van der Waals surface area (Å²) in [5.74, 6) is -0.213. The molecule has 0 aliphatic rings. The van der Waals surface area contributed by atoms with Crippen molar-refractivity contribution in [3.8, 4) is 11.5 Å². The molecule has 0 saturated heterocycles. The van der Waals surface area contributed by atoms with Crippen molar-refractivity contribution >= 4 is 29.2 Å². The Balaban J connectivity index is 1.58. The maximum absolute atomic E-state index is 12.5. The second-order valence-electron chi connectivity index (χ2n) is 6.46. The third-order valence-electron chi connectivity index (χ3n) is 4.21. The first-order chi connectivity index (χ1) is 15.1. The minimum Gasteiger partial charge on any atom is -0.492 e. The lowest BCUT2D eigenvalue weighted by Crippen LogP contribution is -2.21. The molecule has 0 heterocycles. The Kier molecular flexibility index (Phi) is 7.90. The third kappa shape index (κ3) is 6.49. The third-order valence-corrected chi connectivity index (χ3v) is 4.46. The van der Waals surface area contributed by atoms with Gasteiger partial charge >= 0.3 is 5.97 Å². The quantitative estimate of drug-likeness (QED) is 0.469. The summed E-state index contributed by atoms with van der Waals surface area (Å²) in [6.45, 7) is 2.14. The zero-order chi connectivity index (χ0) is 22.1. The van der Waals surface area contributed by atoms with Gasteiger partial charge in [0.05, 0.1) is 12.3 Å². The molecule has 0 saturated carbocycles. The molecule has 0 atom stereocenters. The fraction of sp³-hybridized carbons (Fsp3) is 0.167. The molecule has 0 spiro atoms. The molecular weight excluding hydrogens is 418 g/mol. The number of hydrogen-bond acceptors (Lipinski definition) is 5. The summed E-state index contributed by atoms with van der Waals surface area (Å²) >= 11 is 5.89. The van der Waals surface area contributed by atoms with Crippen molar-refractivity contribution < 1.29 is 23.8 Å². The summed E-state index contributed by atoms with van der Waals surface area (Å²) in [6.07, 6.45) is 0. The van der Waals surface area contributed by atoms with E-state index in [1.54, 1.807) is 54.6 Å². The smallest absolute Gasteiger partial charge is 0.342 e. The lowest BCUT2D eigenvalue weighted by atomic mass is 10.2. The molecule has 160 valence electrons. The number of carbonyl (C=O) groups is 2. The number of nitrogens with one attached hydrogen (secondary N) is 1. The molecule has 3 aromatic carbocycles. The summed E-state index contributed by atoms with van der Waals surface area (Å²) in [5, 5.41) is 3.32. The van der Waals surface area contributed by atoms with Gasteiger partial charge in [-0.3, -0.25) is 4.79 Å². The van der Waals surface area contributed by atoms with Crippen LogP contribution in [0.25, 0.3) is 0 Å². The highest BCUT2D eigenvalue weighted by Crippen LogP contribution is 2.24. The molecule has 0 fully saturated rings. The summed E-state index contributed by atoms with van der Waals surface area (Å²) < 4.78 is 16.4. The van der Waals surface area contributed by atoms with E-state index < -0.39 is 18.5 Å². The first-order valence-corrected chi connectivity index (χ1v) is 10.1. The number of rotatable bonds is 9. The molecule has 6 nitrogen and oxygen atoms in total. The molecule has 0 unspecified atom stereocenters. The van der Waals surface area contributed by atoms with E-state index in [1.165, 1.54) is 0 Å². The highest BCUT2D eigenvalue weighted by atomic mass is 35.5. The lowest BCUT2D eigenvalue weighted by Gasteiger charge is -2.13. The number of benzene rings is 3. The van der Waals surface area contributed by atoms with Crippen LogP contribution in [0.4, 0.5) is 5.69 Å². The highest BCUT2D eigenvalue weighted by Gasteiger charge is 2.16. The number of esters is 1. The number of amides is 1. The Morgan fingerprint density at radius 3 is 2.29 bits per heavy atom. The molecular formula is C24H22ClNO5. The van der Waals surface area contributed by atoms with Gasteiger partial charge in [0.1, 0.15) is 23.7 Å². The normalized spacial score (nSPS) is 10.3. The van der Waals surface area contributed by atoms with E-state index in [4.69, 9.17) is 25.8 Å². The van der Waals surface area contributed by atoms with Crippen LogP contribution in [0.3, 0.4) is 0 Å². The summed E-state index contributed by atoms with van der Waals surface area (Å²) in [7, 11) is 0. The van der Waals surface area contributed by atoms with Crippen LogP contribution in [-0.2, 0) is 16.1 Å². The van der Waals surface area contributed by atoms with Crippen molar-refractivity contribution in [3.05, 3.63) is 88.9 Å². The molecule has 0 bridgehead atoms. The van der Waals surface area contributed by atoms with Gasteiger partial charge in [-0.15, -0.1) is 0 Å². The number of halogens is 1. The monoisotopic (exact) mass is 439 g/mol. The number of anilines is 1. The van der Waals surface area contributed by atoms with Crippen LogP contribution >= 0.6 is 11.6 Å². The van der Waals surface area contributed by atoms with E-state index in [-0.39, 0.29) is 12.2 Å². The van der Waals surface area contributed by atoms with E-state index in [0.717, 1.165) is 5.56 Å². The average Bonchev–Trinajstić information content (AvgIpc) is 2.79. The van der Waals surface area contributed by atoms with Gasteiger partial charge in [0.25, 0.3) is 5.91 Å². The van der Waals surface area contributed by atoms with Crippen LogP contribution in [0.15, 0.2) is 72.8 Å². The van der Waals surface area contributed by atoms with E-state index in [9.17, 15) is 9.59 Å². The average molecular weight is 440 g/mol. The van der Waals surface area contributed by atoms with Gasteiger partial charge in [-0.1, -0.05) is 48.0 Å². The molecule has 7 heteroatoms. The fourth-order valence-electron chi connectivity index (χ4n) is 2.75. The maximum atomic E-state index is 12.5. The largest absolute Gasteiger partial charge is 0.492 e. The Morgan fingerprint density at radius 2 is 1.55 bits per heavy atom. The topological polar surface area (TPSA) is 73.9 Å². The zero-order valence-corrected chi connectivity index (χ0v) is 17.7. The Labute approximate surface area is 185 Å². The van der Waals surface area contributed by atoms with Crippen molar-refractivity contribution in [2.24, 2.45) is 0 Å². The number of hydrogen-bond donors (Lipinski definition) is 1. The number of carbonyl (C=O) groups excluding carboxylic acids is 2. The Hall–Kier alpha value is -3.51. The van der Waals surface area contributed by atoms with E-state index in [1.807, 2.05) is 25.1 Å². The molecule has 0 aromatic heterocycles. The molecule has 0 radical (unpaired) electrons. The molecule has 3 rings (SSSR count). The summed E-state index contributed by atoms with van der Waals surface area (Å²) in [4.78, 5) is 24.8. The Morgan fingerprint density at radius 1 is 0.871 bits per heavy atom. The minimum atomic E-state index is -0.653. The highest BCUT2D eigenvalue weighted by molar-refractivity contribution is 6.30. The second-order valence-corrected chi connectivity index (χ2v) is 6.90. The van der Waals surface area contributed by atoms with Crippen molar-refractivity contribution in [3.63, 3.8) is 0 Å². The van der Waals surface area contributed by atoms with Crippen LogP contribution in [-0.4, -0.2) is 25.1 Å². The fourth-order valence-corrected chi connectivity index (χ4v) is 2.88. The van der Waals surface area contributed by atoms with Crippen LogP contribution in [0.1, 0.15) is 22.8 Å².